The van der Waals surface area contributed by atoms with Crippen molar-refractivity contribution in [1.82, 2.24) is 0 Å². The van der Waals surface area contributed by atoms with E-state index in [4.69, 9.17) is 5.11 Å². The fourth-order valence-corrected chi connectivity index (χ4v) is 0.364. The summed E-state index contributed by atoms with van der Waals surface area (Å²) in [5.74, 6) is -1.08. The van der Waals surface area contributed by atoms with Crippen LogP contribution in [0.5, 0.6) is 0 Å². The van der Waals surface area contributed by atoms with E-state index in [2.05, 4.69) is 4.99 Å². The van der Waals surface area contributed by atoms with Crippen LogP contribution in [0.1, 0.15) is 13.3 Å². The molecule has 0 aromatic rings. The Labute approximate surface area is 54.4 Å². The first-order valence-electron chi connectivity index (χ1n) is 2.82. The molecule has 0 rings (SSSR count). The summed E-state index contributed by atoms with van der Waals surface area (Å²) < 4.78 is 0. The van der Waals surface area contributed by atoms with Crippen LogP contribution in [0, 0.1) is 5.92 Å². The number of carboxylic acids is 1. The number of carboxylic acid groups (broad SMARTS) is 1. The van der Waals surface area contributed by atoms with Crippen LogP contribution in [0.15, 0.2) is 4.99 Å². The number of rotatable bonds is 3. The van der Waals surface area contributed by atoms with Crippen LogP contribution in [0.2, 0.25) is 0 Å². The Morgan fingerprint density at radius 3 is 2.78 bits per heavy atom. The zero-order chi connectivity index (χ0) is 7.28. The minimum absolute atomic E-state index is 0.311. The summed E-state index contributed by atoms with van der Waals surface area (Å²) in [5, 5.41) is 8.35. The fraction of sp³-hybridized carbons (Fsp3) is 0.667. The van der Waals surface area contributed by atoms with E-state index in [0.29, 0.717) is 6.42 Å². The summed E-state index contributed by atoms with van der Waals surface area (Å²) in [6.45, 7) is 1.66. The van der Waals surface area contributed by atoms with E-state index >= 15 is 0 Å². The normalized spacial score (nSPS) is 14.0. The van der Waals surface area contributed by atoms with Gasteiger partial charge in [0, 0.05) is 7.05 Å². The first kappa shape index (κ1) is 8.14. The predicted octanol–water partition coefficient (Wildman–Crippen LogP) is 0.798. The highest BCUT2D eigenvalue weighted by Gasteiger charge is 2.07. The molecule has 0 aliphatic carbocycles. The molecule has 0 aromatic heterocycles. The van der Waals surface area contributed by atoms with Gasteiger partial charge in [0.2, 0.25) is 0 Å². The molecule has 0 aliphatic rings. The Morgan fingerprint density at radius 1 is 1.89 bits per heavy atom. The molecule has 0 bridgehead atoms. The third-order valence-corrected chi connectivity index (χ3v) is 1.06. The van der Waals surface area contributed by atoms with Crippen LogP contribution in [0.25, 0.3) is 0 Å². The van der Waals surface area contributed by atoms with Gasteiger partial charge in [-0.1, -0.05) is 6.92 Å². The Balaban J connectivity index is 3.50. The van der Waals surface area contributed by atoms with Gasteiger partial charge in [0.15, 0.2) is 0 Å². The largest absolute Gasteiger partial charge is 0.481 e. The summed E-state index contributed by atoms with van der Waals surface area (Å²) >= 11 is 0. The lowest BCUT2D eigenvalue weighted by atomic mass is 10.1. The standard InChI is InChI=1S/C6H11NO2/c1-5(6(8)9)3-4-7-2/h4-5H,3H2,1-2H3,(H,8,9)/t5-/m0/s1. The number of nitrogens with zero attached hydrogens (tertiary/aromatic N) is 1. The van der Waals surface area contributed by atoms with Gasteiger partial charge < -0.3 is 10.1 Å². The van der Waals surface area contributed by atoms with Gasteiger partial charge in [-0.25, -0.2) is 0 Å². The molecule has 3 nitrogen and oxygen atoms in total. The number of hydrogen-bond donors (Lipinski definition) is 1. The maximum atomic E-state index is 10.1. The molecular weight excluding hydrogens is 118 g/mol. The Kier molecular flexibility index (Phi) is 3.67. The molecule has 0 saturated carbocycles. The second-order valence-corrected chi connectivity index (χ2v) is 1.92. The second kappa shape index (κ2) is 4.06. The number of hydrogen-bond acceptors (Lipinski definition) is 2. The van der Waals surface area contributed by atoms with E-state index in [1.54, 1.807) is 20.2 Å². The van der Waals surface area contributed by atoms with Crippen molar-refractivity contribution in [1.29, 1.82) is 0 Å². The zero-order valence-electron chi connectivity index (χ0n) is 5.66. The fourth-order valence-electron chi connectivity index (χ4n) is 0.364. The molecule has 9 heavy (non-hydrogen) atoms. The third-order valence-electron chi connectivity index (χ3n) is 1.06. The van der Waals surface area contributed by atoms with Gasteiger partial charge in [-0.2, -0.15) is 0 Å². The monoisotopic (exact) mass is 129 g/mol. The quantitative estimate of drug-likeness (QED) is 0.573. The van der Waals surface area contributed by atoms with Crippen LogP contribution in [0.4, 0.5) is 0 Å². The van der Waals surface area contributed by atoms with Gasteiger partial charge in [0.05, 0.1) is 5.92 Å². The maximum absolute atomic E-state index is 10.1. The van der Waals surface area contributed by atoms with Gasteiger partial charge in [-0.05, 0) is 12.6 Å². The molecule has 0 saturated heterocycles. The van der Waals surface area contributed by atoms with Crippen molar-refractivity contribution in [2.24, 2.45) is 10.9 Å². The molecule has 0 fully saturated rings. The highest BCUT2D eigenvalue weighted by Crippen LogP contribution is 1.97. The van der Waals surface area contributed by atoms with Gasteiger partial charge in [-0.3, -0.25) is 4.79 Å². The molecule has 0 unspecified atom stereocenters. The van der Waals surface area contributed by atoms with Gasteiger partial charge >= 0.3 is 5.97 Å². The molecule has 0 spiro atoms. The summed E-state index contributed by atoms with van der Waals surface area (Å²) in [7, 11) is 1.63. The van der Waals surface area contributed by atoms with E-state index in [-0.39, 0.29) is 5.92 Å². The predicted molar refractivity (Wildman–Crippen MR) is 35.8 cm³/mol. The van der Waals surface area contributed by atoms with Crippen LogP contribution < -0.4 is 0 Å². The minimum atomic E-state index is -0.769. The van der Waals surface area contributed by atoms with Crippen molar-refractivity contribution < 1.29 is 9.90 Å². The molecule has 1 atom stereocenters. The highest BCUT2D eigenvalue weighted by molar-refractivity contribution is 5.74. The minimum Gasteiger partial charge on any atom is -0.481 e. The van der Waals surface area contributed by atoms with E-state index in [1.165, 1.54) is 0 Å². The van der Waals surface area contributed by atoms with Gasteiger partial charge in [-0.15, -0.1) is 0 Å². The van der Waals surface area contributed by atoms with E-state index in [9.17, 15) is 4.79 Å². The Morgan fingerprint density at radius 2 is 2.44 bits per heavy atom. The number of aliphatic carboxylic acids is 1. The van der Waals surface area contributed by atoms with E-state index < -0.39 is 5.97 Å². The third kappa shape index (κ3) is 3.70. The summed E-state index contributed by atoms with van der Waals surface area (Å²) in [5.41, 5.74) is 0. The topological polar surface area (TPSA) is 49.7 Å². The lowest BCUT2D eigenvalue weighted by Crippen LogP contribution is -2.09. The van der Waals surface area contributed by atoms with Crippen molar-refractivity contribution in [2.45, 2.75) is 13.3 Å². The molecule has 52 valence electrons. The lowest BCUT2D eigenvalue weighted by molar-refractivity contribution is -0.140. The van der Waals surface area contributed by atoms with E-state index in [0.717, 1.165) is 0 Å². The van der Waals surface area contributed by atoms with Crippen LogP contribution in [0.3, 0.4) is 0 Å². The first-order valence-corrected chi connectivity index (χ1v) is 2.82. The van der Waals surface area contributed by atoms with Crippen molar-refractivity contribution in [3.05, 3.63) is 0 Å². The SMILES string of the molecule is CN=CC[C@H](C)C(=O)O. The maximum Gasteiger partial charge on any atom is 0.306 e. The van der Waals surface area contributed by atoms with Crippen LogP contribution in [-0.2, 0) is 4.79 Å². The Bertz CT molecular complexity index is 120. The molecule has 0 amide bonds. The van der Waals surface area contributed by atoms with Gasteiger partial charge in [0.1, 0.15) is 0 Å². The van der Waals surface area contributed by atoms with Crippen molar-refractivity contribution in [3.63, 3.8) is 0 Å². The number of aliphatic imine (C=N–C) groups is 1. The second-order valence-electron chi connectivity index (χ2n) is 1.92. The van der Waals surface area contributed by atoms with Crippen LogP contribution in [-0.4, -0.2) is 24.3 Å². The lowest BCUT2D eigenvalue weighted by Gasteiger charge is -1.97. The molecule has 1 N–H and O–H groups in total. The smallest absolute Gasteiger partial charge is 0.306 e. The average Bonchev–Trinajstić information content (AvgIpc) is 1.82. The highest BCUT2D eigenvalue weighted by atomic mass is 16.4. The van der Waals surface area contributed by atoms with Crippen molar-refractivity contribution in [3.8, 4) is 0 Å². The van der Waals surface area contributed by atoms with E-state index in [1.807, 2.05) is 0 Å². The van der Waals surface area contributed by atoms with Gasteiger partial charge in [0.25, 0.3) is 0 Å². The first-order chi connectivity index (χ1) is 4.18. The summed E-state index contributed by atoms with van der Waals surface area (Å²) in [6.07, 6.45) is 2.13. The van der Waals surface area contributed by atoms with Crippen molar-refractivity contribution in [2.75, 3.05) is 7.05 Å². The number of carbonyl (C=O) groups is 1. The Hall–Kier alpha value is -0.860. The zero-order valence-corrected chi connectivity index (χ0v) is 5.66. The molecule has 0 radical (unpaired) electrons. The summed E-state index contributed by atoms with van der Waals surface area (Å²) in [6, 6.07) is 0. The average molecular weight is 129 g/mol. The molecule has 0 aliphatic heterocycles. The van der Waals surface area contributed by atoms with Crippen molar-refractivity contribution >= 4 is 12.2 Å². The molecular formula is C6H11NO2. The molecule has 3 heteroatoms. The summed E-state index contributed by atoms with van der Waals surface area (Å²) in [4.78, 5) is 13.8. The molecule has 0 heterocycles. The molecule has 0 aromatic carbocycles. The van der Waals surface area contributed by atoms with Crippen LogP contribution >= 0.6 is 0 Å².